The SMILES string of the molecule is CC1(N)CCN(c2cnc3c(-c4cccc(N5CCN(Cc6ccc(C7CCC(=O)NC7=O)cc6)CC5)c4Cl)[nH]nc3n2)CC1. The largest absolute Gasteiger partial charge is 0.368 e. The molecule has 4 N–H and O–H groups in total. The lowest BCUT2D eigenvalue weighted by Crippen LogP contribution is -2.48. The van der Waals surface area contributed by atoms with Gasteiger partial charge in [0.1, 0.15) is 11.3 Å². The molecule has 3 fully saturated rings. The lowest BCUT2D eigenvalue weighted by atomic mass is 9.90. The summed E-state index contributed by atoms with van der Waals surface area (Å²) in [5.74, 6) is 0.174. The number of aromatic nitrogens is 4. The molecule has 2 amide bonds. The van der Waals surface area contributed by atoms with Gasteiger partial charge in [-0.05, 0) is 43.4 Å². The number of hydrogen-bond donors (Lipinski definition) is 3. The smallest absolute Gasteiger partial charge is 0.234 e. The minimum atomic E-state index is -0.256. The van der Waals surface area contributed by atoms with Crippen molar-refractivity contribution in [3.05, 3.63) is 64.8 Å². The van der Waals surface area contributed by atoms with Crippen LogP contribution in [0.2, 0.25) is 5.02 Å². The molecule has 1 unspecified atom stereocenters. The number of anilines is 2. The molecule has 3 saturated heterocycles. The summed E-state index contributed by atoms with van der Waals surface area (Å²) in [7, 11) is 0. The number of imide groups is 1. The van der Waals surface area contributed by atoms with E-state index < -0.39 is 0 Å². The van der Waals surface area contributed by atoms with E-state index in [-0.39, 0.29) is 23.3 Å². The Labute approximate surface area is 267 Å². The number of nitrogens with zero attached hydrogens (tertiary/aromatic N) is 6. The van der Waals surface area contributed by atoms with Crippen LogP contribution in [0.25, 0.3) is 22.4 Å². The van der Waals surface area contributed by atoms with Crippen LogP contribution in [0, 0.1) is 0 Å². The molecule has 0 spiro atoms. The highest BCUT2D eigenvalue weighted by Gasteiger charge is 2.29. The van der Waals surface area contributed by atoms with Gasteiger partial charge in [0, 0.05) is 63.3 Å². The Morgan fingerprint density at radius 2 is 1.76 bits per heavy atom. The van der Waals surface area contributed by atoms with E-state index in [1.54, 1.807) is 0 Å². The van der Waals surface area contributed by atoms with E-state index in [1.807, 2.05) is 30.5 Å². The van der Waals surface area contributed by atoms with Crippen LogP contribution >= 0.6 is 11.6 Å². The Hall–Kier alpha value is -4.06. The van der Waals surface area contributed by atoms with Gasteiger partial charge in [0.05, 0.1) is 28.5 Å². The first-order chi connectivity index (χ1) is 21.7. The van der Waals surface area contributed by atoms with Gasteiger partial charge in [0.15, 0.2) is 0 Å². The van der Waals surface area contributed by atoms with Gasteiger partial charge in [-0.1, -0.05) is 48.0 Å². The number of halogens is 1. The molecule has 1 atom stereocenters. The highest BCUT2D eigenvalue weighted by Crippen LogP contribution is 2.38. The van der Waals surface area contributed by atoms with Crippen molar-refractivity contribution < 1.29 is 9.59 Å². The maximum Gasteiger partial charge on any atom is 0.234 e. The average molecular weight is 628 g/mol. The third kappa shape index (κ3) is 6.12. The lowest BCUT2D eigenvalue weighted by molar-refractivity contribution is -0.134. The molecule has 0 bridgehead atoms. The maximum absolute atomic E-state index is 12.2. The van der Waals surface area contributed by atoms with Crippen LogP contribution in [-0.2, 0) is 16.1 Å². The second kappa shape index (κ2) is 12.0. The fourth-order valence-electron chi connectivity index (χ4n) is 6.60. The van der Waals surface area contributed by atoms with Crippen molar-refractivity contribution in [3.63, 3.8) is 0 Å². The monoisotopic (exact) mass is 627 g/mol. The molecule has 2 aromatic heterocycles. The molecule has 45 heavy (non-hydrogen) atoms. The Bertz CT molecular complexity index is 1720. The number of piperidine rings is 2. The molecule has 234 valence electrons. The molecule has 2 aromatic carbocycles. The number of carbonyl (C=O) groups excluding carboxylic acids is 2. The van der Waals surface area contributed by atoms with Crippen LogP contribution in [0.1, 0.15) is 49.7 Å². The Morgan fingerprint density at radius 1 is 1.00 bits per heavy atom. The number of piperazine rings is 1. The van der Waals surface area contributed by atoms with Crippen molar-refractivity contribution in [2.75, 3.05) is 49.1 Å². The van der Waals surface area contributed by atoms with Gasteiger partial charge in [-0.2, -0.15) is 5.10 Å². The van der Waals surface area contributed by atoms with Crippen molar-refractivity contribution in [1.29, 1.82) is 0 Å². The molecular weight excluding hydrogens is 590 g/mol. The normalized spacial score (nSPS) is 20.9. The number of amides is 2. The lowest BCUT2D eigenvalue weighted by Gasteiger charge is -2.37. The van der Waals surface area contributed by atoms with Crippen LogP contribution in [0.4, 0.5) is 11.5 Å². The molecule has 5 heterocycles. The number of carbonyl (C=O) groups is 2. The van der Waals surface area contributed by atoms with Crippen molar-refractivity contribution in [2.45, 2.75) is 50.6 Å². The van der Waals surface area contributed by atoms with Crippen molar-refractivity contribution in [3.8, 4) is 11.3 Å². The molecule has 0 aliphatic carbocycles. The maximum atomic E-state index is 12.2. The zero-order valence-corrected chi connectivity index (χ0v) is 26.2. The van der Waals surface area contributed by atoms with Crippen LogP contribution in [0.15, 0.2) is 48.7 Å². The molecule has 4 aromatic rings. The zero-order valence-electron chi connectivity index (χ0n) is 25.4. The average Bonchev–Trinajstić information content (AvgIpc) is 3.45. The fourth-order valence-corrected chi connectivity index (χ4v) is 6.94. The van der Waals surface area contributed by atoms with E-state index in [4.69, 9.17) is 27.3 Å². The Morgan fingerprint density at radius 3 is 2.49 bits per heavy atom. The van der Waals surface area contributed by atoms with E-state index in [1.165, 1.54) is 5.56 Å². The highest BCUT2D eigenvalue weighted by atomic mass is 35.5. The number of H-pyrrole nitrogens is 1. The topological polar surface area (TPSA) is 136 Å². The van der Waals surface area contributed by atoms with E-state index in [2.05, 4.69) is 55.3 Å². The summed E-state index contributed by atoms with van der Waals surface area (Å²) in [4.78, 5) is 40.3. The highest BCUT2D eigenvalue weighted by molar-refractivity contribution is 6.36. The first-order valence-electron chi connectivity index (χ1n) is 15.7. The fraction of sp³-hybridized carbons (Fsp3) is 0.424. The van der Waals surface area contributed by atoms with Crippen LogP contribution in [0.3, 0.4) is 0 Å². The molecule has 3 aliphatic heterocycles. The van der Waals surface area contributed by atoms with Gasteiger partial charge in [-0.3, -0.25) is 24.9 Å². The predicted octanol–water partition coefficient (Wildman–Crippen LogP) is 3.83. The summed E-state index contributed by atoms with van der Waals surface area (Å²) in [5.41, 5.74) is 12.2. The summed E-state index contributed by atoms with van der Waals surface area (Å²) >= 11 is 7.06. The number of rotatable bonds is 6. The standard InChI is InChI=1S/C33H38ClN9O2/c1-33(35)11-13-43(14-12-33)26-19-36-30-29(39-40-31(30)37-26)24-3-2-4-25(28(24)34)42-17-15-41(16-18-42)20-21-5-7-22(8-6-21)23-9-10-27(44)38-32(23)45/h2-8,19,23H,9-18,20,35H2,1H3,(H,37,39,40)(H,38,44,45). The molecule has 11 nitrogen and oxygen atoms in total. The summed E-state index contributed by atoms with van der Waals surface area (Å²) in [6.07, 6.45) is 4.59. The molecule has 0 saturated carbocycles. The molecule has 3 aliphatic rings. The third-order valence-corrected chi connectivity index (χ3v) is 9.87. The number of aromatic amines is 1. The summed E-state index contributed by atoms with van der Waals surface area (Å²) in [5, 5.41) is 10.8. The van der Waals surface area contributed by atoms with E-state index >= 15 is 0 Å². The summed E-state index contributed by atoms with van der Waals surface area (Å²) in [6, 6.07) is 14.3. The van der Waals surface area contributed by atoms with Gasteiger partial charge in [-0.25, -0.2) is 9.97 Å². The molecule has 0 radical (unpaired) electrons. The predicted molar refractivity (Wildman–Crippen MR) is 175 cm³/mol. The van der Waals surface area contributed by atoms with Gasteiger partial charge < -0.3 is 15.5 Å². The molecule has 12 heteroatoms. The van der Waals surface area contributed by atoms with Crippen molar-refractivity contribution in [2.24, 2.45) is 5.73 Å². The minimum absolute atomic E-state index is 0.130. The number of nitrogens with two attached hydrogens (primary N) is 1. The minimum Gasteiger partial charge on any atom is -0.368 e. The van der Waals surface area contributed by atoms with Crippen LogP contribution < -0.4 is 20.9 Å². The first kappa shape index (κ1) is 29.6. The Balaban J connectivity index is 0.998. The van der Waals surface area contributed by atoms with E-state index in [0.29, 0.717) is 29.0 Å². The van der Waals surface area contributed by atoms with Crippen LogP contribution in [0.5, 0.6) is 0 Å². The second-order valence-electron chi connectivity index (χ2n) is 12.8. The first-order valence-corrected chi connectivity index (χ1v) is 16.1. The van der Waals surface area contributed by atoms with Gasteiger partial charge in [0.2, 0.25) is 17.5 Å². The number of benzene rings is 2. The number of fused-ring (bicyclic) bond motifs is 1. The van der Waals surface area contributed by atoms with Crippen LogP contribution in [-0.4, -0.2) is 81.7 Å². The summed E-state index contributed by atoms with van der Waals surface area (Å²) in [6.45, 7) is 8.13. The third-order valence-electron chi connectivity index (χ3n) is 9.47. The van der Waals surface area contributed by atoms with Gasteiger partial charge in [0.25, 0.3) is 0 Å². The Kier molecular flexibility index (Phi) is 7.93. The van der Waals surface area contributed by atoms with Gasteiger partial charge >= 0.3 is 0 Å². The zero-order chi connectivity index (χ0) is 31.1. The molecule has 7 rings (SSSR count). The summed E-state index contributed by atoms with van der Waals surface area (Å²) < 4.78 is 0. The van der Waals surface area contributed by atoms with E-state index in [0.717, 1.165) is 87.0 Å². The van der Waals surface area contributed by atoms with Crippen molar-refractivity contribution in [1.82, 2.24) is 30.4 Å². The quantitative estimate of drug-likeness (QED) is 0.272. The van der Waals surface area contributed by atoms with Gasteiger partial charge in [-0.15, -0.1) is 0 Å². The van der Waals surface area contributed by atoms with Crippen molar-refractivity contribution >= 4 is 46.1 Å². The number of nitrogens with one attached hydrogen (secondary N) is 2. The van der Waals surface area contributed by atoms with E-state index in [9.17, 15) is 9.59 Å². The number of hydrogen-bond acceptors (Lipinski definition) is 9. The second-order valence-corrected chi connectivity index (χ2v) is 13.2. The molecular formula is C33H38ClN9O2.